The molecule has 1 aliphatic heterocycles. The van der Waals surface area contributed by atoms with Gasteiger partial charge in [-0.15, -0.1) is 0 Å². The van der Waals surface area contributed by atoms with Gasteiger partial charge in [-0.25, -0.2) is 0 Å². The Kier molecular flexibility index (Phi) is 4.33. The van der Waals surface area contributed by atoms with Gasteiger partial charge in [-0.05, 0) is 36.3 Å². The Morgan fingerprint density at radius 2 is 2.23 bits per heavy atom. The number of rotatable bonds is 3. The molecule has 0 fully saturated rings. The maximum absolute atomic E-state index is 11.9. The number of methoxy groups -OCH3 is 1. The smallest absolute Gasteiger partial charge is 0.255 e. The SMILES string of the molecule is COc1ccc(CN2CCc3c([nH]c(=S)[nH]c3=O)C2)cc1Cl. The third-order valence-electron chi connectivity index (χ3n) is 3.81. The third kappa shape index (κ3) is 3.09. The number of halogens is 1. The van der Waals surface area contributed by atoms with Gasteiger partial charge in [0.15, 0.2) is 4.77 Å². The first-order valence-electron chi connectivity index (χ1n) is 6.96. The molecule has 0 saturated heterocycles. The summed E-state index contributed by atoms with van der Waals surface area (Å²) in [6, 6.07) is 5.78. The van der Waals surface area contributed by atoms with Crippen LogP contribution in [0.5, 0.6) is 5.75 Å². The molecule has 116 valence electrons. The van der Waals surface area contributed by atoms with E-state index in [1.807, 2.05) is 18.2 Å². The molecule has 2 heterocycles. The van der Waals surface area contributed by atoms with Crippen molar-refractivity contribution >= 4 is 23.8 Å². The van der Waals surface area contributed by atoms with E-state index in [1.54, 1.807) is 7.11 Å². The minimum Gasteiger partial charge on any atom is -0.495 e. The van der Waals surface area contributed by atoms with Crippen molar-refractivity contribution in [3.8, 4) is 5.75 Å². The normalized spacial score (nSPS) is 14.6. The molecule has 1 aromatic heterocycles. The largest absolute Gasteiger partial charge is 0.495 e. The summed E-state index contributed by atoms with van der Waals surface area (Å²) in [5.41, 5.74) is 2.74. The Bertz CT molecular complexity index is 815. The summed E-state index contributed by atoms with van der Waals surface area (Å²) in [6.07, 6.45) is 0.709. The molecule has 22 heavy (non-hydrogen) atoms. The van der Waals surface area contributed by atoms with E-state index in [4.69, 9.17) is 28.6 Å². The van der Waals surface area contributed by atoms with Gasteiger partial charge in [-0.1, -0.05) is 17.7 Å². The van der Waals surface area contributed by atoms with Gasteiger partial charge in [0.2, 0.25) is 0 Å². The van der Waals surface area contributed by atoms with Crippen LogP contribution >= 0.6 is 23.8 Å². The first-order valence-corrected chi connectivity index (χ1v) is 7.74. The van der Waals surface area contributed by atoms with Crippen LogP contribution in [0.2, 0.25) is 5.02 Å². The van der Waals surface area contributed by atoms with Crippen LogP contribution in [0.25, 0.3) is 0 Å². The molecule has 7 heteroatoms. The molecule has 3 rings (SSSR count). The minimum atomic E-state index is -0.0779. The molecule has 0 atom stereocenters. The summed E-state index contributed by atoms with van der Waals surface area (Å²) in [5, 5.41) is 0.605. The summed E-state index contributed by atoms with van der Waals surface area (Å²) < 4.78 is 5.54. The highest BCUT2D eigenvalue weighted by atomic mass is 35.5. The molecule has 0 aliphatic carbocycles. The van der Waals surface area contributed by atoms with Gasteiger partial charge >= 0.3 is 0 Å². The predicted molar refractivity (Wildman–Crippen MR) is 88.1 cm³/mol. The van der Waals surface area contributed by atoms with E-state index < -0.39 is 0 Å². The molecule has 0 amide bonds. The minimum absolute atomic E-state index is 0.0779. The number of aromatic amines is 2. The van der Waals surface area contributed by atoms with Crippen molar-refractivity contribution < 1.29 is 4.74 Å². The second-order valence-electron chi connectivity index (χ2n) is 5.29. The Morgan fingerprint density at radius 1 is 1.41 bits per heavy atom. The summed E-state index contributed by atoms with van der Waals surface area (Å²) >= 11 is 11.2. The topological polar surface area (TPSA) is 61.1 Å². The Balaban J connectivity index is 1.79. The van der Waals surface area contributed by atoms with Crippen molar-refractivity contribution in [3.63, 3.8) is 0 Å². The van der Waals surface area contributed by atoms with Crippen LogP contribution in [-0.2, 0) is 19.5 Å². The molecule has 0 radical (unpaired) electrons. The molecule has 0 spiro atoms. The van der Waals surface area contributed by atoms with Crippen LogP contribution < -0.4 is 10.3 Å². The third-order valence-corrected chi connectivity index (χ3v) is 4.31. The van der Waals surface area contributed by atoms with Crippen molar-refractivity contribution in [2.75, 3.05) is 13.7 Å². The van der Waals surface area contributed by atoms with Crippen LogP contribution in [0.4, 0.5) is 0 Å². The van der Waals surface area contributed by atoms with Gasteiger partial charge in [0, 0.05) is 30.9 Å². The van der Waals surface area contributed by atoms with Crippen molar-refractivity contribution in [2.45, 2.75) is 19.5 Å². The number of fused-ring (bicyclic) bond motifs is 1. The molecule has 5 nitrogen and oxygen atoms in total. The van der Waals surface area contributed by atoms with E-state index in [-0.39, 0.29) is 5.56 Å². The van der Waals surface area contributed by atoms with E-state index >= 15 is 0 Å². The lowest BCUT2D eigenvalue weighted by molar-refractivity contribution is 0.240. The highest BCUT2D eigenvalue weighted by Crippen LogP contribution is 2.26. The lowest BCUT2D eigenvalue weighted by atomic mass is 10.1. The Hall–Kier alpha value is -1.63. The van der Waals surface area contributed by atoms with Gasteiger partial charge in [0.1, 0.15) is 5.75 Å². The van der Waals surface area contributed by atoms with Gasteiger partial charge in [0.05, 0.1) is 12.1 Å². The van der Waals surface area contributed by atoms with Crippen molar-refractivity contribution in [1.29, 1.82) is 0 Å². The monoisotopic (exact) mass is 337 g/mol. The van der Waals surface area contributed by atoms with Crippen molar-refractivity contribution in [1.82, 2.24) is 14.9 Å². The summed E-state index contributed by atoms with van der Waals surface area (Å²) in [5.74, 6) is 0.671. The van der Waals surface area contributed by atoms with E-state index in [9.17, 15) is 4.79 Å². The molecular weight excluding hydrogens is 322 g/mol. The van der Waals surface area contributed by atoms with Crippen LogP contribution in [-0.4, -0.2) is 28.5 Å². The number of hydrogen-bond donors (Lipinski definition) is 2. The highest BCUT2D eigenvalue weighted by molar-refractivity contribution is 7.71. The number of hydrogen-bond acceptors (Lipinski definition) is 4. The Labute approximate surface area is 137 Å². The lowest BCUT2D eigenvalue weighted by Crippen LogP contribution is -2.34. The zero-order valence-corrected chi connectivity index (χ0v) is 13.7. The molecule has 0 unspecified atom stereocenters. The van der Waals surface area contributed by atoms with Crippen molar-refractivity contribution in [2.24, 2.45) is 0 Å². The summed E-state index contributed by atoms with van der Waals surface area (Å²) in [6.45, 7) is 2.26. The average molecular weight is 338 g/mol. The van der Waals surface area contributed by atoms with Gasteiger partial charge in [-0.3, -0.25) is 14.7 Å². The molecule has 1 aromatic carbocycles. The fourth-order valence-corrected chi connectivity index (χ4v) is 3.23. The molecular formula is C15H16ClN3O2S. The standard InChI is InChI=1S/C15H16ClN3O2S/c1-21-13-3-2-9(6-11(13)16)7-19-5-4-10-12(8-19)17-15(22)18-14(10)20/h2-3,6H,4-5,7-8H2,1H3,(H2,17,18,20,22). The number of ether oxygens (including phenoxy) is 1. The molecule has 2 aromatic rings. The summed E-state index contributed by atoms with van der Waals surface area (Å²) in [7, 11) is 1.60. The quantitative estimate of drug-likeness (QED) is 0.845. The first-order chi connectivity index (χ1) is 10.6. The maximum Gasteiger partial charge on any atom is 0.255 e. The predicted octanol–water partition coefficient (Wildman–Crippen LogP) is 2.65. The first kappa shape index (κ1) is 15.3. The van der Waals surface area contributed by atoms with E-state index in [0.717, 1.165) is 29.9 Å². The fourth-order valence-electron chi connectivity index (χ4n) is 2.73. The van der Waals surface area contributed by atoms with E-state index in [2.05, 4.69) is 14.9 Å². The molecule has 1 aliphatic rings. The van der Waals surface area contributed by atoms with E-state index in [0.29, 0.717) is 28.5 Å². The Morgan fingerprint density at radius 3 is 2.95 bits per heavy atom. The fraction of sp³-hybridized carbons (Fsp3) is 0.333. The highest BCUT2D eigenvalue weighted by Gasteiger charge is 2.19. The zero-order valence-electron chi connectivity index (χ0n) is 12.1. The van der Waals surface area contributed by atoms with Gasteiger partial charge in [0.25, 0.3) is 5.56 Å². The number of H-pyrrole nitrogens is 2. The zero-order chi connectivity index (χ0) is 15.7. The lowest BCUT2D eigenvalue weighted by Gasteiger charge is -2.27. The number of aromatic nitrogens is 2. The second-order valence-corrected chi connectivity index (χ2v) is 6.11. The number of nitrogens with zero attached hydrogens (tertiary/aromatic N) is 1. The van der Waals surface area contributed by atoms with Gasteiger partial charge in [-0.2, -0.15) is 0 Å². The van der Waals surface area contributed by atoms with Crippen LogP contribution in [0.1, 0.15) is 16.8 Å². The van der Waals surface area contributed by atoms with Crippen LogP contribution in [0, 0.1) is 4.77 Å². The van der Waals surface area contributed by atoms with Crippen LogP contribution in [0.15, 0.2) is 23.0 Å². The molecule has 2 N–H and O–H groups in total. The second kappa shape index (κ2) is 6.24. The van der Waals surface area contributed by atoms with Crippen LogP contribution in [0.3, 0.4) is 0 Å². The maximum atomic E-state index is 11.9. The van der Waals surface area contributed by atoms with Gasteiger partial charge < -0.3 is 9.72 Å². The molecule has 0 saturated carbocycles. The average Bonchev–Trinajstić information content (AvgIpc) is 2.47. The number of nitrogens with one attached hydrogen (secondary N) is 2. The summed E-state index contributed by atoms with van der Waals surface area (Å²) in [4.78, 5) is 19.9. The van der Waals surface area contributed by atoms with E-state index in [1.165, 1.54) is 0 Å². The number of benzene rings is 1. The molecule has 0 bridgehead atoms. The van der Waals surface area contributed by atoms with Crippen molar-refractivity contribution in [3.05, 3.63) is 55.2 Å².